The van der Waals surface area contributed by atoms with Gasteiger partial charge in [-0.25, -0.2) is 0 Å². The Morgan fingerprint density at radius 2 is 2.06 bits per heavy atom. The van der Waals surface area contributed by atoms with Gasteiger partial charge in [0.05, 0.1) is 0 Å². The zero-order valence-electron chi connectivity index (χ0n) is 12.4. The van der Waals surface area contributed by atoms with Crippen molar-refractivity contribution < 1.29 is 0 Å². The molecule has 1 aliphatic rings. The van der Waals surface area contributed by atoms with Crippen LogP contribution in [-0.4, -0.2) is 26.7 Å². The molecule has 0 amide bonds. The summed E-state index contributed by atoms with van der Waals surface area (Å²) in [6.45, 7) is 7.91. The van der Waals surface area contributed by atoms with Gasteiger partial charge < -0.3 is 10.2 Å². The Balaban J connectivity index is 2.29. The van der Waals surface area contributed by atoms with Gasteiger partial charge in [0, 0.05) is 25.3 Å². The summed E-state index contributed by atoms with van der Waals surface area (Å²) in [4.78, 5) is 2.43. The maximum atomic E-state index is 3.29. The lowest BCUT2D eigenvalue weighted by atomic mass is 9.84. The van der Waals surface area contributed by atoms with Gasteiger partial charge in [0.15, 0.2) is 0 Å². The highest BCUT2D eigenvalue weighted by Gasteiger charge is 2.24. The Morgan fingerprint density at radius 3 is 2.67 bits per heavy atom. The van der Waals surface area contributed by atoms with Gasteiger partial charge in [-0.3, -0.25) is 0 Å². The van der Waals surface area contributed by atoms with Crippen LogP contribution in [0, 0.1) is 0 Å². The normalized spacial score (nSPS) is 19.8. The maximum absolute atomic E-state index is 3.29. The molecule has 1 aliphatic heterocycles. The minimum atomic E-state index is 0.245. The molecule has 18 heavy (non-hydrogen) atoms. The van der Waals surface area contributed by atoms with Crippen molar-refractivity contribution in [2.24, 2.45) is 0 Å². The van der Waals surface area contributed by atoms with Crippen molar-refractivity contribution in [2.45, 2.75) is 45.1 Å². The van der Waals surface area contributed by atoms with Crippen molar-refractivity contribution in [1.82, 2.24) is 5.32 Å². The summed E-state index contributed by atoms with van der Waals surface area (Å²) < 4.78 is 0. The lowest BCUT2D eigenvalue weighted by molar-refractivity contribution is 0.527. The zero-order valence-corrected chi connectivity index (χ0v) is 12.4. The smallest absolute Gasteiger partial charge is 0.0414 e. The van der Waals surface area contributed by atoms with E-state index in [0.29, 0.717) is 6.04 Å². The molecule has 2 heteroatoms. The molecular weight excluding hydrogens is 220 g/mol. The molecule has 1 heterocycles. The fraction of sp³-hybridized carbons (Fsp3) is 0.625. The average molecular weight is 246 g/mol. The molecule has 100 valence electrons. The van der Waals surface area contributed by atoms with Crippen molar-refractivity contribution in [3.63, 3.8) is 0 Å². The third-order valence-corrected chi connectivity index (χ3v) is 4.06. The van der Waals surface area contributed by atoms with E-state index in [2.05, 4.69) is 56.2 Å². The largest absolute Gasteiger partial charge is 0.370 e. The maximum Gasteiger partial charge on any atom is 0.0414 e. The number of anilines is 1. The van der Waals surface area contributed by atoms with Crippen LogP contribution in [0.5, 0.6) is 0 Å². The summed E-state index contributed by atoms with van der Waals surface area (Å²) in [5.74, 6) is 0. The number of fused-ring (bicyclic) bond motifs is 1. The predicted molar refractivity (Wildman–Crippen MR) is 79.6 cm³/mol. The van der Waals surface area contributed by atoms with Crippen molar-refractivity contribution in [2.75, 3.05) is 25.5 Å². The number of rotatable bonds is 2. The molecule has 0 bridgehead atoms. The van der Waals surface area contributed by atoms with E-state index in [-0.39, 0.29) is 5.41 Å². The third kappa shape index (κ3) is 2.54. The second kappa shape index (κ2) is 4.93. The van der Waals surface area contributed by atoms with E-state index in [9.17, 15) is 0 Å². The molecule has 1 N–H and O–H groups in total. The Bertz CT molecular complexity index is 418. The van der Waals surface area contributed by atoms with Crippen molar-refractivity contribution in [3.05, 3.63) is 29.3 Å². The Hall–Kier alpha value is -1.02. The van der Waals surface area contributed by atoms with E-state index in [1.165, 1.54) is 29.7 Å². The topological polar surface area (TPSA) is 15.3 Å². The second-order valence-corrected chi connectivity index (χ2v) is 6.45. The first kappa shape index (κ1) is 13.4. The first-order chi connectivity index (χ1) is 8.43. The van der Waals surface area contributed by atoms with Crippen LogP contribution in [0.3, 0.4) is 0 Å². The molecule has 1 atom stereocenters. The van der Waals surface area contributed by atoms with Crippen LogP contribution < -0.4 is 10.2 Å². The number of nitrogens with one attached hydrogen (secondary N) is 1. The molecule has 2 rings (SSSR count). The first-order valence-electron chi connectivity index (χ1n) is 6.94. The molecular formula is C16H26N2. The van der Waals surface area contributed by atoms with Gasteiger partial charge in [0.25, 0.3) is 0 Å². The monoisotopic (exact) mass is 246 g/mol. The van der Waals surface area contributed by atoms with Gasteiger partial charge in [-0.1, -0.05) is 32.9 Å². The third-order valence-electron chi connectivity index (χ3n) is 4.06. The molecule has 1 unspecified atom stereocenters. The first-order valence-corrected chi connectivity index (χ1v) is 6.94. The van der Waals surface area contributed by atoms with Crippen LogP contribution in [0.15, 0.2) is 18.2 Å². The van der Waals surface area contributed by atoms with Gasteiger partial charge in [0.2, 0.25) is 0 Å². The average Bonchev–Trinajstić information content (AvgIpc) is 2.31. The summed E-state index contributed by atoms with van der Waals surface area (Å²) in [7, 11) is 4.25. The lowest BCUT2D eigenvalue weighted by Gasteiger charge is -2.37. The summed E-state index contributed by atoms with van der Waals surface area (Å²) in [5, 5.41) is 3.29. The van der Waals surface area contributed by atoms with E-state index in [1.54, 1.807) is 0 Å². The Kier molecular flexibility index (Phi) is 3.67. The van der Waals surface area contributed by atoms with Crippen LogP contribution in [0.25, 0.3) is 0 Å². The molecule has 1 aromatic carbocycles. The van der Waals surface area contributed by atoms with Crippen LogP contribution in [-0.2, 0) is 11.8 Å². The number of aryl methyl sites for hydroxylation is 1. The zero-order chi connectivity index (χ0) is 13.3. The summed E-state index contributed by atoms with van der Waals surface area (Å²) in [5.41, 5.74) is 4.61. The highest BCUT2D eigenvalue weighted by atomic mass is 15.2. The molecule has 1 aromatic rings. The molecule has 0 aromatic heterocycles. The van der Waals surface area contributed by atoms with E-state index in [1.807, 2.05) is 7.05 Å². The van der Waals surface area contributed by atoms with Gasteiger partial charge in [-0.05, 0) is 42.5 Å². The molecule has 0 saturated carbocycles. The minimum absolute atomic E-state index is 0.245. The fourth-order valence-electron chi connectivity index (χ4n) is 2.78. The van der Waals surface area contributed by atoms with Crippen LogP contribution in [0.2, 0.25) is 0 Å². The van der Waals surface area contributed by atoms with E-state index >= 15 is 0 Å². The molecule has 0 saturated heterocycles. The number of hydrogen-bond acceptors (Lipinski definition) is 2. The van der Waals surface area contributed by atoms with E-state index in [0.717, 1.165) is 6.54 Å². The van der Waals surface area contributed by atoms with E-state index < -0.39 is 0 Å². The molecule has 0 aliphatic carbocycles. The number of benzene rings is 1. The van der Waals surface area contributed by atoms with E-state index in [4.69, 9.17) is 0 Å². The summed E-state index contributed by atoms with van der Waals surface area (Å²) in [6, 6.07) is 7.62. The molecule has 0 fully saturated rings. The molecule has 2 nitrogen and oxygen atoms in total. The van der Waals surface area contributed by atoms with Gasteiger partial charge >= 0.3 is 0 Å². The summed E-state index contributed by atoms with van der Waals surface area (Å²) >= 11 is 0. The van der Waals surface area contributed by atoms with Gasteiger partial charge in [-0.2, -0.15) is 0 Å². The van der Waals surface area contributed by atoms with Crippen molar-refractivity contribution in [1.29, 1.82) is 0 Å². The Labute approximate surface area is 111 Å². The number of hydrogen-bond donors (Lipinski definition) is 1. The SMILES string of the molecule is CNCC1CCc2cc(C(C)(C)C)ccc2N1C. The van der Waals surface area contributed by atoms with Crippen LogP contribution >= 0.6 is 0 Å². The second-order valence-electron chi connectivity index (χ2n) is 6.45. The van der Waals surface area contributed by atoms with Gasteiger partial charge in [0.1, 0.15) is 0 Å². The minimum Gasteiger partial charge on any atom is -0.370 e. The molecule has 0 radical (unpaired) electrons. The van der Waals surface area contributed by atoms with Gasteiger partial charge in [-0.15, -0.1) is 0 Å². The predicted octanol–water partition coefficient (Wildman–Crippen LogP) is 2.95. The highest BCUT2D eigenvalue weighted by Crippen LogP contribution is 2.33. The Morgan fingerprint density at radius 1 is 1.33 bits per heavy atom. The standard InChI is InChI=1S/C16H26N2/c1-16(2,3)13-7-9-15-12(10-13)6-8-14(11-17-4)18(15)5/h7,9-10,14,17H,6,8,11H2,1-5H3. The van der Waals surface area contributed by atoms with Crippen LogP contribution in [0.4, 0.5) is 5.69 Å². The highest BCUT2D eigenvalue weighted by molar-refractivity contribution is 5.58. The fourth-order valence-corrected chi connectivity index (χ4v) is 2.78. The summed E-state index contributed by atoms with van der Waals surface area (Å²) in [6.07, 6.45) is 2.45. The van der Waals surface area contributed by atoms with Crippen LogP contribution in [0.1, 0.15) is 38.3 Å². The lowest BCUT2D eigenvalue weighted by Crippen LogP contribution is -2.42. The quantitative estimate of drug-likeness (QED) is 0.863. The molecule has 0 spiro atoms. The number of nitrogens with zero attached hydrogens (tertiary/aromatic N) is 1. The number of likely N-dealkylation sites (N-methyl/N-ethyl adjacent to an activating group) is 2. The van der Waals surface area contributed by atoms with Crippen molar-refractivity contribution >= 4 is 5.69 Å². The van der Waals surface area contributed by atoms with Crippen molar-refractivity contribution in [3.8, 4) is 0 Å².